The second kappa shape index (κ2) is 4.56. The van der Waals surface area contributed by atoms with E-state index < -0.39 is 0 Å². The molecule has 0 saturated carbocycles. The SMILES string of the molecule is CCC(=O)C(=NC)SC. The minimum absolute atomic E-state index is 0.130. The molecule has 3 heteroatoms. The Kier molecular flexibility index (Phi) is 4.40. The van der Waals surface area contributed by atoms with E-state index in [1.807, 2.05) is 13.2 Å². The van der Waals surface area contributed by atoms with Gasteiger partial charge >= 0.3 is 0 Å². The van der Waals surface area contributed by atoms with Crippen molar-refractivity contribution < 1.29 is 4.79 Å². The van der Waals surface area contributed by atoms with Crippen molar-refractivity contribution in [1.29, 1.82) is 0 Å². The fourth-order valence-corrected chi connectivity index (χ4v) is 1.04. The lowest BCUT2D eigenvalue weighted by Gasteiger charge is -1.94. The highest BCUT2D eigenvalue weighted by Gasteiger charge is 2.04. The summed E-state index contributed by atoms with van der Waals surface area (Å²) in [5.41, 5.74) is 0. The summed E-state index contributed by atoms with van der Waals surface area (Å²) >= 11 is 1.40. The van der Waals surface area contributed by atoms with Crippen LogP contribution >= 0.6 is 11.8 Å². The molecule has 0 saturated heterocycles. The van der Waals surface area contributed by atoms with Crippen LogP contribution in [0.4, 0.5) is 0 Å². The highest BCUT2D eigenvalue weighted by atomic mass is 32.2. The van der Waals surface area contributed by atoms with E-state index in [0.29, 0.717) is 11.5 Å². The highest BCUT2D eigenvalue weighted by molar-refractivity contribution is 8.15. The molecule has 0 radical (unpaired) electrons. The van der Waals surface area contributed by atoms with Gasteiger partial charge in [-0.2, -0.15) is 0 Å². The van der Waals surface area contributed by atoms with E-state index in [0.717, 1.165) is 0 Å². The zero-order valence-electron chi connectivity index (χ0n) is 5.97. The van der Waals surface area contributed by atoms with Crippen molar-refractivity contribution in [3.8, 4) is 0 Å². The van der Waals surface area contributed by atoms with Gasteiger partial charge in [-0.3, -0.25) is 9.79 Å². The predicted molar refractivity (Wildman–Crippen MR) is 42.2 cm³/mol. The number of hydrogen-bond acceptors (Lipinski definition) is 3. The first-order valence-corrected chi connectivity index (χ1v) is 4.02. The third kappa shape index (κ3) is 2.65. The van der Waals surface area contributed by atoms with E-state index in [2.05, 4.69) is 4.99 Å². The summed E-state index contributed by atoms with van der Waals surface area (Å²) in [7, 11) is 1.64. The molecule has 0 heterocycles. The minimum Gasteiger partial charge on any atom is -0.292 e. The van der Waals surface area contributed by atoms with Crippen LogP contribution in [0.5, 0.6) is 0 Å². The fraction of sp³-hybridized carbons (Fsp3) is 0.667. The van der Waals surface area contributed by atoms with Crippen LogP contribution in [0.1, 0.15) is 13.3 Å². The maximum atomic E-state index is 10.8. The van der Waals surface area contributed by atoms with Crippen molar-refractivity contribution in [1.82, 2.24) is 0 Å². The molecule has 0 amide bonds. The summed E-state index contributed by atoms with van der Waals surface area (Å²) in [5.74, 6) is 0.130. The van der Waals surface area contributed by atoms with Gasteiger partial charge in [0.25, 0.3) is 0 Å². The first-order chi connectivity index (χ1) is 4.26. The van der Waals surface area contributed by atoms with E-state index in [1.54, 1.807) is 7.05 Å². The number of carbonyl (C=O) groups is 1. The summed E-state index contributed by atoms with van der Waals surface area (Å²) < 4.78 is 0. The number of ketones is 1. The molecular weight excluding hydrogens is 134 g/mol. The van der Waals surface area contributed by atoms with Gasteiger partial charge in [-0.05, 0) is 6.26 Å². The standard InChI is InChI=1S/C6H11NOS/c1-4-5(8)6(7-2)9-3/h4H2,1-3H3. The zero-order chi connectivity index (χ0) is 7.28. The molecule has 0 aliphatic heterocycles. The molecule has 9 heavy (non-hydrogen) atoms. The molecule has 0 rings (SSSR count). The Morgan fingerprint density at radius 2 is 2.22 bits per heavy atom. The van der Waals surface area contributed by atoms with Crippen molar-refractivity contribution in [3.05, 3.63) is 0 Å². The van der Waals surface area contributed by atoms with Crippen LogP contribution in [0.3, 0.4) is 0 Å². The molecule has 0 aliphatic rings. The monoisotopic (exact) mass is 145 g/mol. The van der Waals surface area contributed by atoms with Crippen molar-refractivity contribution in [3.63, 3.8) is 0 Å². The van der Waals surface area contributed by atoms with Gasteiger partial charge in [0.1, 0.15) is 5.04 Å². The van der Waals surface area contributed by atoms with Gasteiger partial charge in [0.05, 0.1) is 0 Å². The van der Waals surface area contributed by atoms with Crippen LogP contribution < -0.4 is 0 Å². The number of Topliss-reactive ketones (excluding diaryl/α,β-unsaturated/α-hetero) is 1. The largest absolute Gasteiger partial charge is 0.292 e. The zero-order valence-corrected chi connectivity index (χ0v) is 6.79. The van der Waals surface area contributed by atoms with Crippen LogP contribution in [0.2, 0.25) is 0 Å². The Labute approximate surface area is 59.7 Å². The maximum absolute atomic E-state index is 10.8. The summed E-state index contributed by atoms with van der Waals surface area (Å²) in [6.45, 7) is 1.84. The van der Waals surface area contributed by atoms with Gasteiger partial charge in [-0.15, -0.1) is 11.8 Å². The molecule has 0 aromatic carbocycles. The van der Waals surface area contributed by atoms with Gasteiger partial charge in [0.15, 0.2) is 5.78 Å². The van der Waals surface area contributed by atoms with Crippen molar-refractivity contribution in [2.24, 2.45) is 4.99 Å². The van der Waals surface area contributed by atoms with Crippen LogP contribution in [-0.4, -0.2) is 24.1 Å². The summed E-state index contributed by atoms with van der Waals surface area (Å²) in [6, 6.07) is 0. The highest BCUT2D eigenvalue weighted by Crippen LogP contribution is 2.00. The number of thioether (sulfide) groups is 1. The van der Waals surface area contributed by atoms with Crippen LogP contribution in [-0.2, 0) is 4.79 Å². The quantitative estimate of drug-likeness (QED) is 0.433. The van der Waals surface area contributed by atoms with E-state index in [4.69, 9.17) is 0 Å². The number of rotatable bonds is 2. The van der Waals surface area contributed by atoms with Crippen LogP contribution in [0.25, 0.3) is 0 Å². The molecule has 0 aliphatic carbocycles. The third-order valence-corrected chi connectivity index (χ3v) is 1.75. The molecule has 0 fully saturated rings. The second-order valence-electron chi connectivity index (χ2n) is 1.51. The number of nitrogens with zero attached hydrogens (tertiary/aromatic N) is 1. The number of hydrogen-bond donors (Lipinski definition) is 0. The molecule has 0 spiro atoms. The topological polar surface area (TPSA) is 29.4 Å². The van der Waals surface area contributed by atoms with E-state index in [1.165, 1.54) is 11.8 Å². The minimum atomic E-state index is 0.130. The normalized spacial score (nSPS) is 11.7. The molecule has 0 bridgehead atoms. The van der Waals surface area contributed by atoms with Crippen molar-refractivity contribution in [2.75, 3.05) is 13.3 Å². The number of aliphatic imine (C=N–C) groups is 1. The van der Waals surface area contributed by atoms with Crippen LogP contribution in [0, 0.1) is 0 Å². The summed E-state index contributed by atoms with van der Waals surface area (Å²) in [6.07, 6.45) is 2.41. The molecule has 0 atom stereocenters. The smallest absolute Gasteiger partial charge is 0.186 e. The van der Waals surface area contributed by atoms with Gasteiger partial charge < -0.3 is 0 Å². The van der Waals surface area contributed by atoms with Gasteiger partial charge in [-0.25, -0.2) is 0 Å². The van der Waals surface area contributed by atoms with E-state index in [-0.39, 0.29) is 5.78 Å². The molecule has 52 valence electrons. The Balaban J connectivity index is 3.97. The molecular formula is C6H11NOS. The van der Waals surface area contributed by atoms with Crippen LogP contribution in [0.15, 0.2) is 4.99 Å². The predicted octanol–water partition coefficient (Wildman–Crippen LogP) is 1.36. The number of carbonyl (C=O) groups excluding carboxylic acids is 1. The molecule has 0 aromatic rings. The first-order valence-electron chi connectivity index (χ1n) is 2.80. The van der Waals surface area contributed by atoms with Gasteiger partial charge in [0, 0.05) is 13.5 Å². The lowest BCUT2D eigenvalue weighted by molar-refractivity contribution is -0.112. The fourth-order valence-electron chi connectivity index (χ4n) is 0.481. The van der Waals surface area contributed by atoms with E-state index in [9.17, 15) is 4.79 Å². The molecule has 0 aromatic heterocycles. The Morgan fingerprint density at radius 1 is 1.67 bits per heavy atom. The summed E-state index contributed by atoms with van der Waals surface area (Å²) in [5, 5.41) is 0.623. The van der Waals surface area contributed by atoms with Gasteiger partial charge in [-0.1, -0.05) is 6.92 Å². The second-order valence-corrected chi connectivity index (χ2v) is 2.30. The van der Waals surface area contributed by atoms with Crippen molar-refractivity contribution in [2.45, 2.75) is 13.3 Å². The lowest BCUT2D eigenvalue weighted by atomic mass is 10.3. The molecule has 2 nitrogen and oxygen atoms in total. The maximum Gasteiger partial charge on any atom is 0.186 e. The Morgan fingerprint density at radius 3 is 2.33 bits per heavy atom. The Hall–Kier alpha value is -0.310. The third-order valence-electron chi connectivity index (χ3n) is 0.956. The molecule has 0 N–H and O–H groups in total. The summed E-state index contributed by atoms with van der Waals surface area (Å²) in [4.78, 5) is 14.6. The molecule has 0 unspecified atom stereocenters. The van der Waals surface area contributed by atoms with E-state index >= 15 is 0 Å². The Bertz CT molecular complexity index is 131. The van der Waals surface area contributed by atoms with Crippen molar-refractivity contribution >= 4 is 22.6 Å². The average molecular weight is 145 g/mol. The lowest BCUT2D eigenvalue weighted by Crippen LogP contribution is -2.07. The first kappa shape index (κ1) is 8.69. The van der Waals surface area contributed by atoms with Gasteiger partial charge in [0.2, 0.25) is 0 Å². The average Bonchev–Trinajstić information content (AvgIpc) is 1.90.